The maximum atomic E-state index is 11.9. The molecule has 1 aromatic heterocycles. The highest BCUT2D eigenvalue weighted by molar-refractivity contribution is 5.94. The van der Waals surface area contributed by atoms with Gasteiger partial charge in [-0.2, -0.15) is 0 Å². The topological polar surface area (TPSA) is 71.3 Å². The van der Waals surface area contributed by atoms with Crippen LogP contribution < -0.4 is 10.9 Å². The summed E-state index contributed by atoms with van der Waals surface area (Å²) in [4.78, 5) is 23.3. The van der Waals surface area contributed by atoms with Gasteiger partial charge in [-0.05, 0) is 18.4 Å². The second-order valence-corrected chi connectivity index (χ2v) is 4.85. The SMILES string of the molecule is CC(C)CC(CO)NC(=O)c1ccn(C)c(=O)c1. The number of carbonyl (C=O) groups excluding carboxylic acids is 1. The van der Waals surface area contributed by atoms with E-state index in [0.29, 0.717) is 17.9 Å². The van der Waals surface area contributed by atoms with Crippen LogP contribution >= 0.6 is 0 Å². The number of hydrogen-bond donors (Lipinski definition) is 2. The first-order valence-corrected chi connectivity index (χ1v) is 6.02. The van der Waals surface area contributed by atoms with Crippen molar-refractivity contribution in [2.24, 2.45) is 13.0 Å². The molecule has 0 aromatic carbocycles. The van der Waals surface area contributed by atoms with Crippen LogP contribution in [0.2, 0.25) is 0 Å². The number of aliphatic hydroxyl groups is 1. The molecule has 1 heterocycles. The van der Waals surface area contributed by atoms with Gasteiger partial charge in [0, 0.05) is 24.9 Å². The minimum atomic E-state index is -0.326. The molecule has 1 amide bonds. The molecule has 0 bridgehead atoms. The number of pyridine rings is 1. The Balaban J connectivity index is 2.74. The number of carbonyl (C=O) groups is 1. The fourth-order valence-corrected chi connectivity index (χ4v) is 1.71. The molecule has 100 valence electrons. The normalized spacial score (nSPS) is 12.5. The lowest BCUT2D eigenvalue weighted by Gasteiger charge is -2.18. The lowest BCUT2D eigenvalue weighted by molar-refractivity contribution is 0.0908. The molecule has 0 radical (unpaired) electrons. The molecular formula is C13H20N2O3. The average Bonchev–Trinajstić information content (AvgIpc) is 2.31. The molecule has 0 fully saturated rings. The van der Waals surface area contributed by atoms with Crippen molar-refractivity contribution in [3.8, 4) is 0 Å². The van der Waals surface area contributed by atoms with Crippen LogP contribution in [-0.2, 0) is 7.05 Å². The molecular weight excluding hydrogens is 232 g/mol. The molecule has 1 atom stereocenters. The summed E-state index contributed by atoms with van der Waals surface area (Å²) in [5.74, 6) is 0.0542. The van der Waals surface area contributed by atoms with E-state index in [4.69, 9.17) is 0 Å². The molecule has 1 unspecified atom stereocenters. The molecule has 0 saturated carbocycles. The molecule has 0 spiro atoms. The molecule has 0 aliphatic carbocycles. The smallest absolute Gasteiger partial charge is 0.251 e. The average molecular weight is 252 g/mol. The zero-order valence-corrected chi connectivity index (χ0v) is 11.0. The molecule has 18 heavy (non-hydrogen) atoms. The van der Waals surface area contributed by atoms with Gasteiger partial charge in [0.15, 0.2) is 0 Å². The molecule has 5 nitrogen and oxygen atoms in total. The van der Waals surface area contributed by atoms with Crippen LogP contribution in [0.5, 0.6) is 0 Å². The van der Waals surface area contributed by atoms with Crippen molar-refractivity contribution < 1.29 is 9.90 Å². The Kier molecular flexibility index (Phi) is 5.09. The zero-order chi connectivity index (χ0) is 13.7. The lowest BCUT2D eigenvalue weighted by Crippen LogP contribution is -2.38. The van der Waals surface area contributed by atoms with Crippen molar-refractivity contribution in [2.75, 3.05) is 6.61 Å². The third-order valence-corrected chi connectivity index (χ3v) is 2.68. The number of aromatic nitrogens is 1. The predicted octanol–water partition coefficient (Wildman–Crippen LogP) is 0.522. The fraction of sp³-hybridized carbons (Fsp3) is 0.538. The lowest BCUT2D eigenvalue weighted by atomic mass is 10.0. The van der Waals surface area contributed by atoms with Gasteiger partial charge in [0.05, 0.1) is 12.6 Å². The van der Waals surface area contributed by atoms with Gasteiger partial charge in [-0.15, -0.1) is 0 Å². The second-order valence-electron chi connectivity index (χ2n) is 4.85. The number of aryl methyl sites for hydroxylation is 1. The number of hydrogen-bond acceptors (Lipinski definition) is 3. The third kappa shape index (κ3) is 4.00. The van der Waals surface area contributed by atoms with Crippen LogP contribution in [0.3, 0.4) is 0 Å². The Morgan fingerprint density at radius 2 is 2.17 bits per heavy atom. The summed E-state index contributed by atoms with van der Waals surface area (Å²) in [7, 11) is 1.62. The predicted molar refractivity (Wildman–Crippen MR) is 69.5 cm³/mol. The van der Waals surface area contributed by atoms with Gasteiger partial charge in [-0.1, -0.05) is 13.8 Å². The highest BCUT2D eigenvalue weighted by Crippen LogP contribution is 2.05. The molecule has 0 saturated heterocycles. The number of nitrogens with one attached hydrogen (secondary N) is 1. The van der Waals surface area contributed by atoms with Crippen LogP contribution in [0.1, 0.15) is 30.6 Å². The van der Waals surface area contributed by atoms with Gasteiger partial charge in [-0.3, -0.25) is 9.59 Å². The van der Waals surface area contributed by atoms with Crippen LogP contribution in [-0.4, -0.2) is 28.2 Å². The first kappa shape index (κ1) is 14.4. The van der Waals surface area contributed by atoms with Gasteiger partial charge < -0.3 is 15.0 Å². The van der Waals surface area contributed by atoms with Crippen molar-refractivity contribution in [2.45, 2.75) is 26.3 Å². The van der Waals surface area contributed by atoms with Crippen LogP contribution in [0.25, 0.3) is 0 Å². The monoisotopic (exact) mass is 252 g/mol. The van der Waals surface area contributed by atoms with Gasteiger partial charge in [0.2, 0.25) is 0 Å². The van der Waals surface area contributed by atoms with E-state index >= 15 is 0 Å². The van der Waals surface area contributed by atoms with E-state index in [1.54, 1.807) is 19.3 Å². The second kappa shape index (κ2) is 6.35. The Bertz CT molecular complexity index is 466. The maximum Gasteiger partial charge on any atom is 0.251 e. The molecule has 5 heteroatoms. The highest BCUT2D eigenvalue weighted by atomic mass is 16.3. The van der Waals surface area contributed by atoms with E-state index < -0.39 is 0 Å². The minimum absolute atomic E-state index is 0.102. The first-order chi connectivity index (χ1) is 8.43. The zero-order valence-electron chi connectivity index (χ0n) is 11.0. The summed E-state index contributed by atoms with van der Waals surface area (Å²) >= 11 is 0. The van der Waals surface area contributed by atoms with Crippen LogP contribution in [0.15, 0.2) is 23.1 Å². The summed E-state index contributed by atoms with van der Waals surface area (Å²) in [6.45, 7) is 3.94. The fourth-order valence-electron chi connectivity index (χ4n) is 1.71. The standard InChI is InChI=1S/C13H20N2O3/c1-9(2)6-11(8-16)14-13(18)10-4-5-15(3)12(17)7-10/h4-5,7,9,11,16H,6,8H2,1-3H3,(H,14,18). The number of amides is 1. The van der Waals surface area contributed by atoms with E-state index in [9.17, 15) is 14.7 Å². The molecule has 0 aliphatic rings. The minimum Gasteiger partial charge on any atom is -0.394 e. The quantitative estimate of drug-likeness (QED) is 0.802. The molecule has 0 aliphatic heterocycles. The number of nitrogens with zero attached hydrogens (tertiary/aromatic N) is 1. The largest absolute Gasteiger partial charge is 0.394 e. The summed E-state index contributed by atoms with van der Waals surface area (Å²) < 4.78 is 1.40. The van der Waals surface area contributed by atoms with Crippen molar-refractivity contribution in [3.63, 3.8) is 0 Å². The third-order valence-electron chi connectivity index (χ3n) is 2.68. The Labute approximate surface area is 106 Å². The van der Waals surface area contributed by atoms with Crippen molar-refractivity contribution in [3.05, 3.63) is 34.2 Å². The van der Waals surface area contributed by atoms with Crippen LogP contribution in [0.4, 0.5) is 0 Å². The highest BCUT2D eigenvalue weighted by Gasteiger charge is 2.14. The van der Waals surface area contributed by atoms with E-state index in [2.05, 4.69) is 5.32 Å². The Hall–Kier alpha value is -1.62. The van der Waals surface area contributed by atoms with Crippen LogP contribution in [0, 0.1) is 5.92 Å². The summed E-state index contributed by atoms with van der Waals surface area (Å²) in [6, 6.07) is 2.60. The summed E-state index contributed by atoms with van der Waals surface area (Å²) in [6.07, 6.45) is 2.25. The van der Waals surface area contributed by atoms with Gasteiger partial charge >= 0.3 is 0 Å². The van der Waals surface area contributed by atoms with Gasteiger partial charge in [-0.25, -0.2) is 0 Å². The van der Waals surface area contributed by atoms with Crippen molar-refractivity contribution >= 4 is 5.91 Å². The Morgan fingerprint density at radius 3 is 2.67 bits per heavy atom. The Morgan fingerprint density at radius 1 is 1.50 bits per heavy atom. The van der Waals surface area contributed by atoms with Crippen molar-refractivity contribution in [1.29, 1.82) is 0 Å². The first-order valence-electron chi connectivity index (χ1n) is 6.02. The van der Waals surface area contributed by atoms with E-state index in [1.807, 2.05) is 13.8 Å². The molecule has 1 aromatic rings. The summed E-state index contributed by atoms with van der Waals surface area (Å²) in [5.41, 5.74) is 0.0902. The van der Waals surface area contributed by atoms with Gasteiger partial charge in [0.1, 0.15) is 0 Å². The van der Waals surface area contributed by atoms with Gasteiger partial charge in [0.25, 0.3) is 11.5 Å². The maximum absolute atomic E-state index is 11.9. The van der Waals surface area contributed by atoms with Crippen molar-refractivity contribution in [1.82, 2.24) is 9.88 Å². The molecule has 2 N–H and O–H groups in total. The number of rotatable bonds is 5. The number of aliphatic hydroxyl groups excluding tert-OH is 1. The molecule has 1 rings (SSSR count). The summed E-state index contributed by atoms with van der Waals surface area (Å²) in [5, 5.41) is 11.9. The van der Waals surface area contributed by atoms with E-state index in [1.165, 1.54) is 10.6 Å². The van der Waals surface area contributed by atoms with E-state index in [-0.39, 0.29) is 24.1 Å². The van der Waals surface area contributed by atoms with E-state index in [0.717, 1.165) is 0 Å².